The summed E-state index contributed by atoms with van der Waals surface area (Å²) in [6.07, 6.45) is 3.42. The zero-order chi connectivity index (χ0) is 15.5. The monoisotopic (exact) mass is 293 g/mol. The van der Waals surface area contributed by atoms with Gasteiger partial charge in [0.25, 0.3) is 0 Å². The van der Waals surface area contributed by atoms with E-state index in [0.717, 1.165) is 17.3 Å². The Balaban J connectivity index is 2.06. The van der Waals surface area contributed by atoms with Crippen molar-refractivity contribution in [1.29, 1.82) is 0 Å². The number of anilines is 2. The van der Waals surface area contributed by atoms with Gasteiger partial charge in [0.2, 0.25) is 5.95 Å². The number of imidazole rings is 1. The normalized spacial score (nSPS) is 18.6. The number of hydrogen-bond acceptors (Lipinski definition) is 4. The second kappa shape index (κ2) is 4.06. The van der Waals surface area contributed by atoms with Crippen molar-refractivity contribution in [3.05, 3.63) is 42.7 Å². The molecule has 0 unspecified atom stereocenters. The summed E-state index contributed by atoms with van der Waals surface area (Å²) in [6.45, 7) is 8.96. The van der Waals surface area contributed by atoms with E-state index in [2.05, 4.69) is 71.4 Å². The molecule has 2 aromatic heterocycles. The lowest BCUT2D eigenvalue weighted by molar-refractivity contribution is 0.252. The van der Waals surface area contributed by atoms with Gasteiger partial charge in [-0.3, -0.25) is 4.57 Å². The Labute approximate surface area is 129 Å². The summed E-state index contributed by atoms with van der Waals surface area (Å²) >= 11 is 0. The second-order valence-corrected chi connectivity index (χ2v) is 6.74. The summed E-state index contributed by atoms with van der Waals surface area (Å²) in [5.74, 6) is 0.905. The average Bonchev–Trinajstić information content (AvgIpc) is 2.93. The van der Waals surface area contributed by atoms with Gasteiger partial charge >= 0.3 is 0 Å². The molecule has 22 heavy (non-hydrogen) atoms. The Morgan fingerprint density at radius 1 is 0.864 bits per heavy atom. The predicted octanol–water partition coefficient (Wildman–Crippen LogP) is 3.49. The minimum atomic E-state index is -0.164. The van der Waals surface area contributed by atoms with Crippen molar-refractivity contribution in [1.82, 2.24) is 19.5 Å². The summed E-state index contributed by atoms with van der Waals surface area (Å²) in [5.41, 5.74) is 2.37. The minimum Gasteiger partial charge on any atom is -0.304 e. The number of benzene rings is 1. The molecule has 1 aliphatic heterocycles. The first-order valence-corrected chi connectivity index (χ1v) is 7.50. The molecule has 0 aliphatic carbocycles. The van der Waals surface area contributed by atoms with Crippen LogP contribution in [0.1, 0.15) is 27.7 Å². The average molecular weight is 293 g/mol. The lowest BCUT2D eigenvalue weighted by atomic mass is 9.82. The van der Waals surface area contributed by atoms with Gasteiger partial charge in [-0.2, -0.15) is 4.98 Å². The van der Waals surface area contributed by atoms with Gasteiger partial charge in [-0.05, 0) is 39.8 Å². The minimum absolute atomic E-state index is 0.137. The van der Waals surface area contributed by atoms with Gasteiger partial charge in [-0.15, -0.1) is 0 Å². The van der Waals surface area contributed by atoms with E-state index in [1.54, 1.807) is 12.4 Å². The molecule has 0 N–H and O–H groups in total. The highest BCUT2D eigenvalue weighted by atomic mass is 15.5. The molecular formula is C17H19N5. The van der Waals surface area contributed by atoms with Gasteiger partial charge in [0.15, 0.2) is 11.3 Å². The van der Waals surface area contributed by atoms with Gasteiger partial charge in [0.05, 0.1) is 11.1 Å². The topological polar surface area (TPSA) is 46.8 Å². The van der Waals surface area contributed by atoms with E-state index < -0.39 is 0 Å². The molecule has 1 aromatic carbocycles. The smallest absolute Gasteiger partial charge is 0.215 e. The Kier molecular flexibility index (Phi) is 2.45. The maximum atomic E-state index is 4.76. The summed E-state index contributed by atoms with van der Waals surface area (Å²) in [5, 5.41) is 0. The van der Waals surface area contributed by atoms with Crippen LogP contribution in [0.4, 0.5) is 11.6 Å². The van der Waals surface area contributed by atoms with Crippen LogP contribution in [0.15, 0.2) is 42.7 Å². The molecule has 0 bridgehead atoms. The largest absolute Gasteiger partial charge is 0.304 e. The maximum Gasteiger partial charge on any atom is 0.215 e. The first-order valence-electron chi connectivity index (χ1n) is 7.50. The first-order chi connectivity index (χ1) is 10.4. The van der Waals surface area contributed by atoms with Gasteiger partial charge in [0.1, 0.15) is 0 Å². The maximum absolute atomic E-state index is 4.76. The third-order valence-corrected chi connectivity index (χ3v) is 5.11. The molecule has 112 valence electrons. The van der Waals surface area contributed by atoms with Gasteiger partial charge in [-0.25, -0.2) is 9.97 Å². The number of hydrogen-bond donors (Lipinski definition) is 0. The number of nitrogens with zero attached hydrogens (tertiary/aromatic N) is 5. The van der Waals surface area contributed by atoms with Crippen LogP contribution in [0.3, 0.4) is 0 Å². The molecule has 5 nitrogen and oxygen atoms in total. The molecule has 4 rings (SSSR count). The van der Waals surface area contributed by atoms with Crippen molar-refractivity contribution in [2.75, 3.05) is 4.90 Å². The number of rotatable bonds is 1. The van der Waals surface area contributed by atoms with Crippen LogP contribution in [0.2, 0.25) is 0 Å². The van der Waals surface area contributed by atoms with Crippen LogP contribution in [-0.2, 0) is 5.54 Å². The van der Waals surface area contributed by atoms with E-state index in [-0.39, 0.29) is 11.1 Å². The Morgan fingerprint density at radius 2 is 1.55 bits per heavy atom. The van der Waals surface area contributed by atoms with Gasteiger partial charge < -0.3 is 4.90 Å². The van der Waals surface area contributed by atoms with Crippen molar-refractivity contribution in [3.63, 3.8) is 0 Å². The van der Waals surface area contributed by atoms with Crippen LogP contribution in [0.5, 0.6) is 0 Å². The zero-order valence-corrected chi connectivity index (χ0v) is 13.3. The number of para-hydroxylation sites is 1. The molecule has 0 spiro atoms. The van der Waals surface area contributed by atoms with E-state index in [4.69, 9.17) is 4.98 Å². The van der Waals surface area contributed by atoms with Crippen molar-refractivity contribution >= 4 is 22.9 Å². The van der Waals surface area contributed by atoms with E-state index in [1.807, 2.05) is 6.07 Å². The van der Waals surface area contributed by atoms with E-state index >= 15 is 0 Å². The lowest BCUT2D eigenvalue weighted by Crippen LogP contribution is -2.50. The molecular weight excluding hydrogens is 274 g/mol. The summed E-state index contributed by atoms with van der Waals surface area (Å²) in [4.78, 5) is 15.9. The van der Waals surface area contributed by atoms with Crippen molar-refractivity contribution in [2.24, 2.45) is 0 Å². The highest BCUT2D eigenvalue weighted by Gasteiger charge is 2.53. The first kappa shape index (κ1) is 13.2. The van der Waals surface area contributed by atoms with Crippen molar-refractivity contribution in [3.8, 4) is 0 Å². The fraction of sp³-hybridized carbons (Fsp3) is 0.353. The molecule has 3 heterocycles. The van der Waals surface area contributed by atoms with Crippen LogP contribution >= 0.6 is 0 Å². The highest BCUT2D eigenvalue weighted by Crippen LogP contribution is 2.50. The summed E-state index contributed by atoms with van der Waals surface area (Å²) in [6, 6.07) is 10.4. The molecule has 0 radical (unpaired) electrons. The lowest BCUT2D eigenvalue weighted by Gasteiger charge is -2.41. The SMILES string of the molecule is CC1(C)N(c2ccccc2)c2nc3nccnc3n2C1(C)C. The van der Waals surface area contributed by atoms with E-state index in [9.17, 15) is 0 Å². The highest BCUT2D eigenvalue weighted by molar-refractivity contribution is 5.77. The molecule has 0 saturated heterocycles. The number of fused-ring (bicyclic) bond motifs is 3. The van der Waals surface area contributed by atoms with Crippen LogP contribution in [0.25, 0.3) is 11.3 Å². The standard InChI is InChI=1S/C17H19N5/c1-16(2)17(3,4)22-14-13(18-10-11-19-14)20-15(22)21(16)12-8-6-5-7-9-12/h5-11H,1-4H3. The van der Waals surface area contributed by atoms with Gasteiger partial charge in [-0.1, -0.05) is 18.2 Å². The second-order valence-electron chi connectivity index (χ2n) is 6.74. The molecule has 3 aromatic rings. The Bertz CT molecular complexity index is 848. The number of aromatic nitrogens is 4. The summed E-state index contributed by atoms with van der Waals surface area (Å²) in [7, 11) is 0. The van der Waals surface area contributed by atoms with Gasteiger partial charge in [0, 0.05) is 18.1 Å². The quantitative estimate of drug-likeness (QED) is 0.689. The molecule has 0 fully saturated rings. The van der Waals surface area contributed by atoms with E-state index in [1.165, 1.54) is 0 Å². The third-order valence-electron chi connectivity index (χ3n) is 5.11. The Hall–Kier alpha value is -2.43. The Morgan fingerprint density at radius 3 is 2.27 bits per heavy atom. The van der Waals surface area contributed by atoms with Crippen LogP contribution in [-0.4, -0.2) is 25.1 Å². The molecule has 5 heteroatoms. The van der Waals surface area contributed by atoms with E-state index in [0.29, 0.717) is 5.65 Å². The van der Waals surface area contributed by atoms with Crippen molar-refractivity contribution < 1.29 is 0 Å². The van der Waals surface area contributed by atoms with Crippen LogP contribution in [0, 0.1) is 0 Å². The molecule has 0 atom stereocenters. The third kappa shape index (κ3) is 1.46. The van der Waals surface area contributed by atoms with Crippen molar-refractivity contribution in [2.45, 2.75) is 38.8 Å². The molecule has 0 amide bonds. The predicted molar refractivity (Wildman–Crippen MR) is 87.3 cm³/mol. The molecule has 0 saturated carbocycles. The zero-order valence-electron chi connectivity index (χ0n) is 13.3. The summed E-state index contributed by atoms with van der Waals surface area (Å²) < 4.78 is 2.21. The fourth-order valence-electron chi connectivity index (χ4n) is 3.28. The molecule has 1 aliphatic rings. The fourth-order valence-corrected chi connectivity index (χ4v) is 3.28. The van der Waals surface area contributed by atoms with Crippen LogP contribution < -0.4 is 4.90 Å².